The van der Waals surface area contributed by atoms with Gasteiger partial charge in [-0.15, -0.1) is 0 Å². The summed E-state index contributed by atoms with van der Waals surface area (Å²) in [6.45, 7) is 2.01. The summed E-state index contributed by atoms with van der Waals surface area (Å²) in [4.78, 5) is 4.05. The van der Waals surface area contributed by atoms with Crippen molar-refractivity contribution in [3.05, 3.63) is 35.9 Å². The first-order chi connectivity index (χ1) is 6.18. The minimum atomic E-state index is 0.00588. The summed E-state index contributed by atoms with van der Waals surface area (Å²) in [6, 6.07) is 3.89. The van der Waals surface area contributed by atoms with Crippen molar-refractivity contribution in [1.29, 1.82) is 5.41 Å². The van der Waals surface area contributed by atoms with E-state index in [9.17, 15) is 0 Å². The van der Waals surface area contributed by atoms with Crippen LogP contribution in [0.2, 0.25) is 0 Å². The van der Waals surface area contributed by atoms with Crippen LogP contribution in [0.3, 0.4) is 0 Å². The molecule has 0 spiro atoms. The summed E-state index contributed by atoms with van der Waals surface area (Å²) in [5, 5.41) is 7.29. The fourth-order valence-electron chi connectivity index (χ4n) is 1.32. The maximum Gasteiger partial charge on any atom is 0.144 e. The minimum Gasteiger partial charge on any atom is -0.382 e. The molecule has 3 N–H and O–H groups in total. The quantitative estimate of drug-likeness (QED) is 0.498. The lowest BCUT2D eigenvalue weighted by atomic mass is 10.2. The van der Waals surface area contributed by atoms with Gasteiger partial charge >= 0.3 is 0 Å². The number of nitrogens with one attached hydrogen (secondary N) is 1. The number of nitrogen functional groups attached to an aromatic ring is 1. The predicted octanol–water partition coefficient (Wildman–Crippen LogP) is 0.927. The number of aryl methyl sites for hydroxylation is 1. The monoisotopic (exact) mass is 174 g/mol. The van der Waals surface area contributed by atoms with Crippen molar-refractivity contribution in [3.63, 3.8) is 0 Å². The summed E-state index contributed by atoms with van der Waals surface area (Å²) in [5.74, 6) is 0.00588. The van der Waals surface area contributed by atoms with Crippen LogP contribution in [-0.4, -0.2) is 15.2 Å². The second-order valence-electron chi connectivity index (χ2n) is 3.01. The molecule has 4 nitrogen and oxygen atoms in total. The van der Waals surface area contributed by atoms with E-state index in [1.54, 1.807) is 6.33 Å². The summed E-state index contributed by atoms with van der Waals surface area (Å²) in [6.07, 6.45) is 3.62. The molecule has 2 aromatic heterocycles. The van der Waals surface area contributed by atoms with Crippen LogP contribution >= 0.6 is 0 Å². The third-order valence-electron chi connectivity index (χ3n) is 1.93. The van der Waals surface area contributed by atoms with Crippen molar-refractivity contribution in [2.24, 2.45) is 5.73 Å². The van der Waals surface area contributed by atoms with Crippen molar-refractivity contribution in [1.82, 2.24) is 9.38 Å². The molecule has 0 aliphatic rings. The average Bonchev–Trinajstić information content (AvgIpc) is 2.46. The highest BCUT2D eigenvalue weighted by atomic mass is 15.0. The lowest BCUT2D eigenvalue weighted by Crippen LogP contribution is -2.11. The molecule has 2 aromatic rings. The topological polar surface area (TPSA) is 67.2 Å². The highest BCUT2D eigenvalue weighted by molar-refractivity contribution is 5.99. The fourth-order valence-corrected chi connectivity index (χ4v) is 1.32. The molecule has 0 saturated heterocycles. The Balaban J connectivity index is 2.76. The highest BCUT2D eigenvalue weighted by Crippen LogP contribution is 2.09. The molecular formula is C9H10N4. The van der Waals surface area contributed by atoms with E-state index in [0.29, 0.717) is 5.69 Å². The number of hydrogen-bond donors (Lipinski definition) is 2. The van der Waals surface area contributed by atoms with Crippen LogP contribution in [-0.2, 0) is 0 Å². The Bertz CT molecular complexity index is 469. The Morgan fingerprint density at radius 3 is 3.00 bits per heavy atom. The number of imidazole rings is 1. The van der Waals surface area contributed by atoms with Gasteiger partial charge in [0, 0.05) is 6.20 Å². The van der Waals surface area contributed by atoms with Crippen LogP contribution in [0, 0.1) is 12.3 Å². The first-order valence-corrected chi connectivity index (χ1v) is 3.96. The van der Waals surface area contributed by atoms with Crippen molar-refractivity contribution < 1.29 is 0 Å². The Morgan fingerprint density at radius 1 is 1.54 bits per heavy atom. The van der Waals surface area contributed by atoms with E-state index in [1.807, 2.05) is 29.7 Å². The standard InChI is InChI=1S/C9H10N4/c1-6-2-3-7-8(9(10)11)12-5-13(7)4-6/h2-5H,1H3,(H3,10,11). The van der Waals surface area contributed by atoms with Gasteiger partial charge in [-0.1, -0.05) is 6.07 Å². The lowest BCUT2D eigenvalue weighted by molar-refractivity contribution is 1.13. The van der Waals surface area contributed by atoms with Crippen molar-refractivity contribution >= 4 is 11.4 Å². The number of nitrogens with zero attached hydrogens (tertiary/aromatic N) is 2. The van der Waals surface area contributed by atoms with Crippen molar-refractivity contribution in [2.45, 2.75) is 6.92 Å². The van der Waals surface area contributed by atoms with E-state index >= 15 is 0 Å². The van der Waals surface area contributed by atoms with Crippen LogP contribution in [0.5, 0.6) is 0 Å². The van der Waals surface area contributed by atoms with E-state index in [1.165, 1.54) is 0 Å². The molecule has 4 heteroatoms. The zero-order chi connectivity index (χ0) is 9.42. The van der Waals surface area contributed by atoms with Gasteiger partial charge in [0.2, 0.25) is 0 Å². The van der Waals surface area contributed by atoms with E-state index in [0.717, 1.165) is 11.1 Å². The number of nitrogens with two attached hydrogens (primary N) is 1. The molecule has 0 aromatic carbocycles. The second-order valence-corrected chi connectivity index (χ2v) is 3.01. The largest absolute Gasteiger partial charge is 0.382 e. The molecule has 13 heavy (non-hydrogen) atoms. The van der Waals surface area contributed by atoms with Gasteiger partial charge in [0.15, 0.2) is 0 Å². The predicted molar refractivity (Wildman–Crippen MR) is 50.9 cm³/mol. The van der Waals surface area contributed by atoms with Gasteiger partial charge in [-0.3, -0.25) is 5.41 Å². The molecule has 2 heterocycles. The van der Waals surface area contributed by atoms with Crippen LogP contribution < -0.4 is 5.73 Å². The third-order valence-corrected chi connectivity index (χ3v) is 1.93. The summed E-state index contributed by atoms with van der Waals surface area (Å²) in [5.41, 5.74) is 7.94. The summed E-state index contributed by atoms with van der Waals surface area (Å²) in [7, 11) is 0. The fraction of sp³-hybridized carbons (Fsp3) is 0.111. The summed E-state index contributed by atoms with van der Waals surface area (Å²) < 4.78 is 1.87. The Hall–Kier alpha value is -1.84. The van der Waals surface area contributed by atoms with Gasteiger partial charge in [-0.05, 0) is 18.6 Å². The first kappa shape index (κ1) is 7.79. The molecule has 2 rings (SSSR count). The van der Waals surface area contributed by atoms with Gasteiger partial charge < -0.3 is 10.1 Å². The van der Waals surface area contributed by atoms with E-state index in [4.69, 9.17) is 11.1 Å². The van der Waals surface area contributed by atoms with Crippen LogP contribution in [0.4, 0.5) is 0 Å². The number of hydrogen-bond acceptors (Lipinski definition) is 2. The SMILES string of the molecule is Cc1ccc2c(C(=N)N)ncn2c1. The lowest BCUT2D eigenvalue weighted by Gasteiger charge is -1.97. The zero-order valence-corrected chi connectivity index (χ0v) is 7.28. The normalized spacial score (nSPS) is 10.5. The van der Waals surface area contributed by atoms with Gasteiger partial charge in [-0.25, -0.2) is 4.98 Å². The summed E-state index contributed by atoms with van der Waals surface area (Å²) >= 11 is 0. The number of pyridine rings is 1. The van der Waals surface area contributed by atoms with Gasteiger partial charge in [0.05, 0.1) is 5.52 Å². The molecule has 0 aliphatic heterocycles. The van der Waals surface area contributed by atoms with Gasteiger partial charge in [0.25, 0.3) is 0 Å². The third kappa shape index (κ3) is 1.16. The minimum absolute atomic E-state index is 0.00588. The first-order valence-electron chi connectivity index (χ1n) is 3.96. The molecule has 0 unspecified atom stereocenters. The van der Waals surface area contributed by atoms with E-state index < -0.39 is 0 Å². The van der Waals surface area contributed by atoms with Crippen LogP contribution in [0.25, 0.3) is 5.52 Å². The molecule has 0 radical (unpaired) electrons. The van der Waals surface area contributed by atoms with Crippen molar-refractivity contribution in [2.75, 3.05) is 0 Å². The second kappa shape index (κ2) is 2.58. The van der Waals surface area contributed by atoms with E-state index in [-0.39, 0.29) is 5.84 Å². The molecule has 0 amide bonds. The van der Waals surface area contributed by atoms with Crippen molar-refractivity contribution in [3.8, 4) is 0 Å². The number of aromatic nitrogens is 2. The Labute approximate surface area is 75.5 Å². The Kier molecular flexibility index (Phi) is 1.55. The average molecular weight is 174 g/mol. The molecular weight excluding hydrogens is 164 g/mol. The molecule has 0 aliphatic carbocycles. The van der Waals surface area contributed by atoms with Gasteiger partial charge in [0.1, 0.15) is 17.9 Å². The zero-order valence-electron chi connectivity index (χ0n) is 7.28. The highest BCUT2D eigenvalue weighted by Gasteiger charge is 2.05. The van der Waals surface area contributed by atoms with Gasteiger partial charge in [-0.2, -0.15) is 0 Å². The maximum atomic E-state index is 7.29. The molecule has 0 fully saturated rings. The van der Waals surface area contributed by atoms with Crippen LogP contribution in [0.15, 0.2) is 24.7 Å². The molecule has 0 atom stereocenters. The number of fused-ring (bicyclic) bond motifs is 1. The molecule has 0 saturated carbocycles. The van der Waals surface area contributed by atoms with Crippen LogP contribution in [0.1, 0.15) is 11.3 Å². The maximum absolute atomic E-state index is 7.29. The number of amidine groups is 1. The molecule has 0 bridgehead atoms. The smallest absolute Gasteiger partial charge is 0.144 e. The Morgan fingerprint density at radius 2 is 2.31 bits per heavy atom. The van der Waals surface area contributed by atoms with E-state index in [2.05, 4.69) is 4.98 Å². The number of rotatable bonds is 1. The molecule has 66 valence electrons.